The molecule has 1 fully saturated rings. The van der Waals surface area contributed by atoms with Crippen LogP contribution in [0.15, 0.2) is 66.8 Å². The highest BCUT2D eigenvalue weighted by Gasteiger charge is 2.16. The molecular formula is C29H37NOS. The number of amides is 1. The second kappa shape index (κ2) is 10.1. The molecule has 3 heteroatoms. The van der Waals surface area contributed by atoms with Crippen molar-refractivity contribution in [1.29, 1.82) is 0 Å². The molecule has 0 spiro atoms. The van der Waals surface area contributed by atoms with E-state index in [0.717, 1.165) is 41.3 Å². The Morgan fingerprint density at radius 1 is 0.781 bits per heavy atom. The normalized spacial score (nSPS) is 15.1. The van der Waals surface area contributed by atoms with Gasteiger partial charge in [0, 0.05) is 30.7 Å². The van der Waals surface area contributed by atoms with Crippen LogP contribution in [-0.2, 0) is 15.6 Å². The minimum atomic E-state index is 0.104. The molecule has 1 amide bonds. The molecule has 1 heterocycles. The Labute approximate surface area is 198 Å². The highest BCUT2D eigenvalue weighted by Crippen LogP contribution is 2.30. The third-order valence-corrected chi connectivity index (χ3v) is 6.89. The molecule has 0 bridgehead atoms. The molecule has 2 aromatic carbocycles. The Bertz CT molecular complexity index is 904. The molecule has 2 aromatic rings. The van der Waals surface area contributed by atoms with Gasteiger partial charge in [0.05, 0.1) is 0 Å². The molecule has 1 aliphatic heterocycles. The van der Waals surface area contributed by atoms with Gasteiger partial charge in [-0.2, -0.15) is 11.8 Å². The Morgan fingerprint density at radius 3 is 1.62 bits per heavy atom. The molecule has 0 N–H and O–H groups in total. The summed E-state index contributed by atoms with van der Waals surface area (Å²) in [6.07, 6.45) is 5.70. The maximum absolute atomic E-state index is 12.6. The van der Waals surface area contributed by atoms with Crippen LogP contribution in [-0.4, -0.2) is 35.4 Å². The summed E-state index contributed by atoms with van der Waals surface area (Å²) in [5, 5.41) is 0. The molecule has 0 unspecified atom stereocenters. The molecule has 3 rings (SSSR count). The van der Waals surface area contributed by atoms with Crippen molar-refractivity contribution in [3.8, 4) is 0 Å². The lowest BCUT2D eigenvalue weighted by Crippen LogP contribution is -2.36. The topological polar surface area (TPSA) is 20.3 Å². The number of rotatable bonds is 4. The average Bonchev–Trinajstić information content (AvgIpc) is 2.76. The van der Waals surface area contributed by atoms with Gasteiger partial charge in [-0.3, -0.25) is 4.79 Å². The van der Waals surface area contributed by atoms with Crippen LogP contribution < -0.4 is 0 Å². The first-order chi connectivity index (χ1) is 15.1. The van der Waals surface area contributed by atoms with E-state index in [1.165, 1.54) is 11.1 Å². The molecule has 32 heavy (non-hydrogen) atoms. The van der Waals surface area contributed by atoms with E-state index in [9.17, 15) is 4.79 Å². The first-order valence-corrected chi connectivity index (χ1v) is 12.7. The number of benzene rings is 2. The van der Waals surface area contributed by atoms with Crippen molar-refractivity contribution in [3.63, 3.8) is 0 Å². The molecular weight excluding hydrogens is 410 g/mol. The standard InChI is InChI=1S/C29H37NOS/c1-28(2,3)24-14-10-22(11-15-24)26(23-12-16-25(17-13-23)29(4,5)6)8-7-9-27(31)30-18-20-32-21-19-30/h7-17H,18-21H2,1-6H3. The lowest BCUT2D eigenvalue weighted by Gasteiger charge is -2.25. The number of nitrogens with zero attached hydrogens (tertiary/aromatic N) is 1. The van der Waals surface area contributed by atoms with E-state index in [1.807, 2.05) is 22.7 Å². The lowest BCUT2D eigenvalue weighted by atomic mass is 9.84. The summed E-state index contributed by atoms with van der Waals surface area (Å²) in [6, 6.07) is 17.6. The highest BCUT2D eigenvalue weighted by atomic mass is 32.2. The van der Waals surface area contributed by atoms with Crippen LogP contribution in [0.2, 0.25) is 0 Å². The van der Waals surface area contributed by atoms with Crippen molar-refractivity contribution in [2.24, 2.45) is 0 Å². The summed E-state index contributed by atoms with van der Waals surface area (Å²) in [5.74, 6) is 2.16. The van der Waals surface area contributed by atoms with Crippen LogP contribution in [0.1, 0.15) is 63.8 Å². The Morgan fingerprint density at radius 2 is 1.22 bits per heavy atom. The summed E-state index contributed by atoms with van der Waals surface area (Å²) >= 11 is 1.91. The molecule has 1 aliphatic rings. The quantitative estimate of drug-likeness (QED) is 0.377. The number of hydrogen-bond acceptors (Lipinski definition) is 2. The fraction of sp³-hybridized carbons (Fsp3) is 0.414. The molecule has 2 nitrogen and oxygen atoms in total. The van der Waals surface area contributed by atoms with Crippen LogP contribution in [0.3, 0.4) is 0 Å². The summed E-state index contributed by atoms with van der Waals surface area (Å²) in [4.78, 5) is 14.5. The average molecular weight is 448 g/mol. The van der Waals surface area contributed by atoms with Crippen LogP contribution >= 0.6 is 11.8 Å². The van der Waals surface area contributed by atoms with Gasteiger partial charge >= 0.3 is 0 Å². The number of carbonyl (C=O) groups excluding carboxylic acids is 1. The summed E-state index contributed by atoms with van der Waals surface area (Å²) in [6.45, 7) is 15.1. The van der Waals surface area contributed by atoms with E-state index in [4.69, 9.17) is 0 Å². The second-order valence-corrected chi connectivity index (χ2v) is 11.8. The van der Waals surface area contributed by atoms with Gasteiger partial charge in [0.2, 0.25) is 5.91 Å². The minimum Gasteiger partial charge on any atom is -0.338 e. The van der Waals surface area contributed by atoms with E-state index in [1.54, 1.807) is 6.08 Å². The van der Waals surface area contributed by atoms with Crippen LogP contribution in [0.5, 0.6) is 0 Å². The highest BCUT2D eigenvalue weighted by molar-refractivity contribution is 7.99. The Kier molecular flexibility index (Phi) is 7.71. The van der Waals surface area contributed by atoms with Crippen LogP contribution in [0.4, 0.5) is 0 Å². The monoisotopic (exact) mass is 447 g/mol. The molecule has 0 aromatic heterocycles. The van der Waals surface area contributed by atoms with Crippen LogP contribution in [0.25, 0.3) is 5.57 Å². The van der Waals surface area contributed by atoms with Gasteiger partial charge < -0.3 is 4.90 Å². The molecule has 0 saturated carbocycles. The Hall–Kier alpha value is -2.26. The molecule has 1 saturated heterocycles. The van der Waals surface area contributed by atoms with Crippen molar-refractivity contribution < 1.29 is 4.79 Å². The van der Waals surface area contributed by atoms with Gasteiger partial charge in [-0.25, -0.2) is 0 Å². The minimum absolute atomic E-state index is 0.104. The SMILES string of the molecule is CC(C)(C)c1ccc(C(=CC=CC(=O)N2CCSCC2)c2ccc(C(C)(C)C)cc2)cc1. The van der Waals surface area contributed by atoms with Crippen LogP contribution in [0, 0.1) is 0 Å². The predicted octanol–water partition coefficient (Wildman–Crippen LogP) is 6.84. The van der Waals surface area contributed by atoms with Gasteiger partial charge in [0.15, 0.2) is 0 Å². The number of hydrogen-bond donors (Lipinski definition) is 0. The van der Waals surface area contributed by atoms with E-state index in [-0.39, 0.29) is 16.7 Å². The smallest absolute Gasteiger partial charge is 0.246 e. The zero-order chi connectivity index (χ0) is 23.4. The maximum atomic E-state index is 12.6. The first kappa shape index (κ1) is 24.4. The first-order valence-electron chi connectivity index (χ1n) is 11.5. The number of thioether (sulfide) groups is 1. The fourth-order valence-electron chi connectivity index (χ4n) is 3.77. The van der Waals surface area contributed by atoms with E-state index >= 15 is 0 Å². The Balaban J connectivity index is 1.92. The van der Waals surface area contributed by atoms with Crippen molar-refractivity contribution in [1.82, 2.24) is 4.90 Å². The molecule has 0 radical (unpaired) electrons. The predicted molar refractivity (Wildman–Crippen MR) is 140 cm³/mol. The van der Waals surface area contributed by atoms with Gasteiger partial charge in [-0.15, -0.1) is 0 Å². The fourth-order valence-corrected chi connectivity index (χ4v) is 4.68. The van der Waals surface area contributed by atoms with Gasteiger partial charge in [-0.1, -0.05) is 102 Å². The van der Waals surface area contributed by atoms with Crippen molar-refractivity contribution in [2.75, 3.05) is 24.6 Å². The van der Waals surface area contributed by atoms with Gasteiger partial charge in [0.25, 0.3) is 0 Å². The lowest BCUT2D eigenvalue weighted by molar-refractivity contribution is -0.125. The number of carbonyl (C=O) groups is 1. The largest absolute Gasteiger partial charge is 0.338 e. The summed E-state index contributed by atoms with van der Waals surface area (Å²) in [7, 11) is 0. The van der Waals surface area contributed by atoms with Crippen molar-refractivity contribution in [3.05, 3.63) is 89.0 Å². The maximum Gasteiger partial charge on any atom is 0.246 e. The molecule has 0 aliphatic carbocycles. The third-order valence-electron chi connectivity index (χ3n) is 5.95. The summed E-state index contributed by atoms with van der Waals surface area (Å²) in [5.41, 5.74) is 6.32. The van der Waals surface area contributed by atoms with E-state index < -0.39 is 0 Å². The van der Waals surface area contributed by atoms with Crippen molar-refractivity contribution in [2.45, 2.75) is 52.4 Å². The number of allylic oxidation sites excluding steroid dienone is 2. The van der Waals surface area contributed by atoms with Gasteiger partial charge in [0.1, 0.15) is 0 Å². The molecule has 0 atom stereocenters. The van der Waals surface area contributed by atoms with E-state index in [2.05, 4.69) is 96.1 Å². The second-order valence-electron chi connectivity index (χ2n) is 10.5. The zero-order valence-electron chi connectivity index (χ0n) is 20.4. The van der Waals surface area contributed by atoms with Gasteiger partial charge in [-0.05, 0) is 38.7 Å². The third kappa shape index (κ3) is 6.38. The van der Waals surface area contributed by atoms with E-state index in [0.29, 0.717) is 0 Å². The molecule has 170 valence electrons. The summed E-state index contributed by atoms with van der Waals surface area (Å²) < 4.78 is 0. The van der Waals surface area contributed by atoms with Crippen molar-refractivity contribution >= 4 is 23.2 Å². The zero-order valence-corrected chi connectivity index (χ0v) is 21.3.